The van der Waals surface area contributed by atoms with Crippen LogP contribution >= 0.6 is 0 Å². The van der Waals surface area contributed by atoms with Crippen LogP contribution in [0.15, 0.2) is 54.7 Å². The molecule has 0 fully saturated rings. The fraction of sp³-hybridized carbons (Fsp3) is 0.321. The molecular formula is C28H30N4O2Pt. The van der Waals surface area contributed by atoms with Gasteiger partial charge in [0.05, 0.1) is 25.3 Å². The first-order valence-corrected chi connectivity index (χ1v) is 11.2. The van der Waals surface area contributed by atoms with Crippen molar-refractivity contribution < 1.29 is 30.5 Å². The maximum atomic E-state index is 5.46. The molecule has 6 nitrogen and oxygen atoms in total. The Balaban J connectivity index is 0.00000342. The standard InChI is InChI=1S/C28H30N4O2.Pt/c1-27(2,3)19-10-8-11-20(18-19)32-17-16-24(31-32)28(4,5)23-13-9-12-22(29-23)21-14-15-25(33-6)30-26(21)34-7;/h8-10,12-13,15-18H,1-7H3;/q-2;+2. The molecule has 0 spiro atoms. The van der Waals surface area contributed by atoms with Crippen molar-refractivity contribution in [1.82, 2.24) is 19.7 Å². The normalized spacial score (nSPS) is 11.6. The van der Waals surface area contributed by atoms with E-state index in [1.807, 2.05) is 41.2 Å². The molecule has 4 aromatic rings. The van der Waals surface area contributed by atoms with Crippen molar-refractivity contribution in [2.45, 2.75) is 45.4 Å². The third kappa shape index (κ3) is 5.48. The molecule has 0 aliphatic heterocycles. The topological polar surface area (TPSA) is 62.1 Å². The maximum Gasteiger partial charge on any atom is 2.00 e. The van der Waals surface area contributed by atoms with Crippen LogP contribution < -0.4 is 9.47 Å². The first-order valence-electron chi connectivity index (χ1n) is 11.2. The summed E-state index contributed by atoms with van der Waals surface area (Å²) in [4.78, 5) is 9.30. The summed E-state index contributed by atoms with van der Waals surface area (Å²) >= 11 is 0. The molecule has 0 unspecified atom stereocenters. The van der Waals surface area contributed by atoms with Gasteiger partial charge < -0.3 is 14.5 Å². The first kappa shape index (κ1) is 26.6. The average molecular weight is 650 g/mol. The Bertz CT molecular complexity index is 1310. The van der Waals surface area contributed by atoms with Gasteiger partial charge in [-0.15, -0.1) is 12.1 Å². The van der Waals surface area contributed by atoms with Gasteiger partial charge in [-0.05, 0) is 42.8 Å². The van der Waals surface area contributed by atoms with Crippen LogP contribution in [0, 0.1) is 12.1 Å². The van der Waals surface area contributed by atoms with Gasteiger partial charge in [-0.3, -0.25) is 9.67 Å². The number of ether oxygens (including phenoxy) is 2. The van der Waals surface area contributed by atoms with Crippen LogP contribution in [-0.4, -0.2) is 34.0 Å². The molecule has 0 amide bonds. The Morgan fingerprint density at radius 1 is 0.886 bits per heavy atom. The summed E-state index contributed by atoms with van der Waals surface area (Å²) in [7, 11) is 3.14. The van der Waals surface area contributed by atoms with E-state index in [4.69, 9.17) is 19.6 Å². The van der Waals surface area contributed by atoms with E-state index in [1.54, 1.807) is 20.3 Å². The Labute approximate surface area is 222 Å². The Morgan fingerprint density at radius 2 is 1.66 bits per heavy atom. The quantitative estimate of drug-likeness (QED) is 0.256. The number of methoxy groups -OCH3 is 2. The van der Waals surface area contributed by atoms with Gasteiger partial charge in [0.2, 0.25) is 0 Å². The fourth-order valence-electron chi connectivity index (χ4n) is 3.72. The molecular weight excluding hydrogens is 619 g/mol. The predicted octanol–water partition coefficient (Wildman–Crippen LogP) is 5.57. The summed E-state index contributed by atoms with van der Waals surface area (Å²) in [5.41, 5.74) is 4.98. The summed E-state index contributed by atoms with van der Waals surface area (Å²) in [6, 6.07) is 22.3. The molecule has 0 N–H and O–H groups in total. The van der Waals surface area contributed by atoms with Gasteiger partial charge in [-0.1, -0.05) is 44.5 Å². The molecule has 35 heavy (non-hydrogen) atoms. The molecule has 0 bridgehead atoms. The number of pyridine rings is 2. The minimum absolute atomic E-state index is 0. The molecule has 3 heterocycles. The van der Waals surface area contributed by atoms with Crippen molar-refractivity contribution in [1.29, 1.82) is 0 Å². The summed E-state index contributed by atoms with van der Waals surface area (Å²) in [5, 5.41) is 4.89. The first-order chi connectivity index (χ1) is 16.1. The maximum absolute atomic E-state index is 5.46. The number of benzene rings is 1. The molecule has 184 valence electrons. The number of aromatic nitrogens is 4. The van der Waals surface area contributed by atoms with Crippen LogP contribution in [0.3, 0.4) is 0 Å². The SMILES string of the molecule is COc1c[c-]c(-c2cccc(C(C)(C)c3ccn(-c4[c-]ccc(C(C)(C)C)c4)n3)n2)c(OC)n1.[Pt+2]. The van der Waals surface area contributed by atoms with Crippen LogP contribution in [0.25, 0.3) is 16.9 Å². The zero-order valence-corrected chi connectivity index (χ0v) is 23.4. The molecule has 0 atom stereocenters. The molecule has 0 saturated carbocycles. The minimum atomic E-state index is -0.434. The van der Waals surface area contributed by atoms with Crippen LogP contribution in [0.4, 0.5) is 0 Å². The molecule has 4 rings (SSSR count). The number of hydrogen-bond donors (Lipinski definition) is 0. The monoisotopic (exact) mass is 649 g/mol. The van der Waals surface area contributed by atoms with Gasteiger partial charge in [-0.25, -0.2) is 0 Å². The Kier molecular flexibility index (Phi) is 7.86. The summed E-state index contributed by atoms with van der Waals surface area (Å²) in [6.07, 6.45) is 1.98. The van der Waals surface area contributed by atoms with Crippen LogP contribution in [-0.2, 0) is 31.9 Å². The van der Waals surface area contributed by atoms with Crippen molar-refractivity contribution in [2.75, 3.05) is 14.2 Å². The minimum Gasteiger partial charge on any atom is -0.524 e. The van der Waals surface area contributed by atoms with Crippen LogP contribution in [0.5, 0.6) is 11.8 Å². The zero-order chi connectivity index (χ0) is 24.5. The van der Waals surface area contributed by atoms with E-state index in [-0.39, 0.29) is 26.5 Å². The van der Waals surface area contributed by atoms with E-state index in [2.05, 4.69) is 63.9 Å². The summed E-state index contributed by atoms with van der Waals surface area (Å²) in [6.45, 7) is 10.8. The number of nitrogens with zero attached hydrogens (tertiary/aromatic N) is 4. The van der Waals surface area contributed by atoms with E-state index in [1.165, 1.54) is 5.56 Å². The molecule has 7 heteroatoms. The van der Waals surface area contributed by atoms with Crippen molar-refractivity contribution >= 4 is 0 Å². The Morgan fingerprint density at radius 3 is 2.34 bits per heavy atom. The summed E-state index contributed by atoms with van der Waals surface area (Å²) < 4.78 is 12.5. The van der Waals surface area contributed by atoms with Crippen molar-refractivity contribution in [3.8, 4) is 28.7 Å². The molecule has 0 aliphatic rings. The van der Waals surface area contributed by atoms with Crippen LogP contribution in [0.1, 0.15) is 51.6 Å². The van der Waals surface area contributed by atoms with E-state index in [0.717, 1.165) is 22.8 Å². The Hall–Kier alpha value is -2.98. The summed E-state index contributed by atoms with van der Waals surface area (Å²) in [5.74, 6) is 0.857. The zero-order valence-electron chi connectivity index (χ0n) is 21.1. The van der Waals surface area contributed by atoms with Crippen molar-refractivity contribution in [3.63, 3.8) is 0 Å². The predicted molar refractivity (Wildman–Crippen MR) is 133 cm³/mol. The number of rotatable bonds is 6. The average Bonchev–Trinajstić information content (AvgIpc) is 3.34. The van der Waals surface area contributed by atoms with Gasteiger partial charge in [-0.2, -0.15) is 28.9 Å². The molecule has 0 saturated heterocycles. The van der Waals surface area contributed by atoms with Gasteiger partial charge in [0.15, 0.2) is 0 Å². The van der Waals surface area contributed by atoms with E-state index < -0.39 is 5.41 Å². The third-order valence-corrected chi connectivity index (χ3v) is 5.94. The molecule has 3 aromatic heterocycles. The molecule has 0 aliphatic carbocycles. The smallest absolute Gasteiger partial charge is 0.524 e. The van der Waals surface area contributed by atoms with Crippen LogP contribution in [0.2, 0.25) is 0 Å². The van der Waals surface area contributed by atoms with E-state index >= 15 is 0 Å². The molecule has 1 aromatic carbocycles. The van der Waals surface area contributed by atoms with E-state index in [9.17, 15) is 0 Å². The largest absolute Gasteiger partial charge is 2.00 e. The second-order valence-corrected chi connectivity index (χ2v) is 9.72. The fourth-order valence-corrected chi connectivity index (χ4v) is 3.72. The van der Waals surface area contributed by atoms with E-state index in [0.29, 0.717) is 17.3 Å². The third-order valence-electron chi connectivity index (χ3n) is 5.94. The van der Waals surface area contributed by atoms with Gasteiger partial charge in [0, 0.05) is 11.9 Å². The number of hydrogen-bond acceptors (Lipinski definition) is 5. The second kappa shape index (κ2) is 10.3. The van der Waals surface area contributed by atoms with Gasteiger partial charge >= 0.3 is 21.1 Å². The van der Waals surface area contributed by atoms with Crippen molar-refractivity contribution in [3.05, 3.63) is 83.8 Å². The second-order valence-electron chi connectivity index (χ2n) is 9.72. The van der Waals surface area contributed by atoms with Gasteiger partial charge in [0.25, 0.3) is 0 Å². The van der Waals surface area contributed by atoms with Gasteiger partial charge in [0.1, 0.15) is 11.8 Å². The molecule has 0 radical (unpaired) electrons. The van der Waals surface area contributed by atoms with Crippen molar-refractivity contribution in [2.24, 2.45) is 0 Å².